The van der Waals surface area contributed by atoms with Crippen molar-refractivity contribution in [2.75, 3.05) is 14.2 Å². The van der Waals surface area contributed by atoms with E-state index in [9.17, 15) is 19.2 Å². The number of carbonyl (C=O) groups is 4. The summed E-state index contributed by atoms with van der Waals surface area (Å²) in [5, 5.41) is 0. The third kappa shape index (κ3) is 15.8. The van der Waals surface area contributed by atoms with Crippen LogP contribution in [0.2, 0.25) is 0 Å². The average Bonchev–Trinajstić information content (AvgIpc) is 3.20. The van der Waals surface area contributed by atoms with Gasteiger partial charge in [0.2, 0.25) is 0 Å². The van der Waals surface area contributed by atoms with Gasteiger partial charge >= 0.3 is 24.6 Å². The fourth-order valence-corrected chi connectivity index (χ4v) is 5.22. The molecule has 0 aromatic heterocycles. The van der Waals surface area contributed by atoms with Crippen LogP contribution in [-0.4, -0.2) is 38.8 Å². The van der Waals surface area contributed by atoms with Gasteiger partial charge in [0.15, 0.2) is 0 Å². The number of ether oxygens (including phenoxy) is 8. The van der Waals surface area contributed by atoms with E-state index in [1.54, 1.807) is 48.5 Å². The zero-order valence-electron chi connectivity index (χ0n) is 35.1. The molecule has 1 unspecified atom stereocenters. The van der Waals surface area contributed by atoms with E-state index in [4.69, 9.17) is 28.4 Å². The lowest BCUT2D eigenvalue weighted by Crippen LogP contribution is -2.26. The van der Waals surface area contributed by atoms with E-state index < -0.39 is 36.3 Å². The first kappa shape index (κ1) is 46.3. The molecule has 0 N–H and O–H groups in total. The average molecular weight is 801 g/mol. The van der Waals surface area contributed by atoms with E-state index in [1.165, 1.54) is 25.3 Å². The molecule has 4 rings (SSSR count). The van der Waals surface area contributed by atoms with Gasteiger partial charge < -0.3 is 37.9 Å². The maximum atomic E-state index is 12.2. The highest BCUT2D eigenvalue weighted by Crippen LogP contribution is 2.29. The van der Waals surface area contributed by atoms with Crippen LogP contribution in [0.4, 0.5) is 19.2 Å². The van der Waals surface area contributed by atoms with Gasteiger partial charge in [0.05, 0.1) is 14.2 Å². The summed E-state index contributed by atoms with van der Waals surface area (Å²) in [5.41, 5.74) is 6.68. The van der Waals surface area contributed by atoms with Gasteiger partial charge in [-0.2, -0.15) is 0 Å². The zero-order chi connectivity index (χ0) is 42.9. The SMILES string of the molecule is COC(=O)OCc1ccc(COC(=O)OC(C)(C)c2ccc(C(C)(C)C)cc2)cc1.COC(=O)OCc1ccc(COC(=O)OC(C)c2ccc(C(C)C)cc2)cc1. The van der Waals surface area contributed by atoms with Crippen molar-refractivity contribution in [3.05, 3.63) is 142 Å². The molecule has 4 aromatic rings. The molecule has 58 heavy (non-hydrogen) atoms. The molecule has 0 heterocycles. The Morgan fingerprint density at radius 3 is 1.17 bits per heavy atom. The Kier molecular flexibility index (Phi) is 17.6. The van der Waals surface area contributed by atoms with Crippen LogP contribution in [0.15, 0.2) is 97.1 Å². The second-order valence-electron chi connectivity index (χ2n) is 15.2. The van der Waals surface area contributed by atoms with Crippen molar-refractivity contribution in [1.29, 1.82) is 0 Å². The monoisotopic (exact) mass is 800 g/mol. The highest BCUT2D eigenvalue weighted by Gasteiger charge is 2.27. The van der Waals surface area contributed by atoms with Crippen molar-refractivity contribution < 1.29 is 57.1 Å². The van der Waals surface area contributed by atoms with E-state index in [-0.39, 0.29) is 31.8 Å². The lowest BCUT2D eigenvalue weighted by molar-refractivity contribution is -0.0226. The Morgan fingerprint density at radius 1 is 0.466 bits per heavy atom. The fraction of sp³-hybridized carbons (Fsp3) is 0.391. The largest absolute Gasteiger partial charge is 0.509 e. The lowest BCUT2D eigenvalue weighted by atomic mass is 9.85. The standard InChI is InChI=1S/C24H30O6.C22H26O6/c1-23(2,3)19-11-13-20(14-12-19)24(4,5)30-22(26)29-16-18-9-7-17(8-10-18)15-28-21(25)27-6;1-15(2)19-9-11-20(12-10-19)16(3)28-22(24)27-14-18-7-5-17(6-8-18)13-26-21(23)25-4/h7-14H,15-16H2,1-6H3;5-12,15-16H,13-14H2,1-4H3. The van der Waals surface area contributed by atoms with Crippen molar-refractivity contribution in [2.45, 2.75) is 105 Å². The van der Waals surface area contributed by atoms with Crippen molar-refractivity contribution in [2.24, 2.45) is 0 Å². The van der Waals surface area contributed by atoms with E-state index in [0.717, 1.165) is 33.4 Å². The highest BCUT2D eigenvalue weighted by molar-refractivity contribution is 5.61. The molecule has 0 bridgehead atoms. The Morgan fingerprint density at radius 2 is 0.810 bits per heavy atom. The van der Waals surface area contributed by atoms with Gasteiger partial charge in [0.1, 0.15) is 38.1 Å². The van der Waals surface area contributed by atoms with Gasteiger partial charge in [0.25, 0.3) is 0 Å². The smallest absolute Gasteiger partial charge is 0.438 e. The quantitative estimate of drug-likeness (QED) is 0.0938. The second-order valence-corrected chi connectivity index (χ2v) is 15.2. The van der Waals surface area contributed by atoms with Crippen molar-refractivity contribution in [3.63, 3.8) is 0 Å². The maximum absolute atomic E-state index is 12.2. The topological polar surface area (TPSA) is 142 Å². The van der Waals surface area contributed by atoms with E-state index in [0.29, 0.717) is 5.92 Å². The maximum Gasteiger partial charge on any atom is 0.509 e. The minimum Gasteiger partial charge on any atom is -0.438 e. The summed E-state index contributed by atoms with van der Waals surface area (Å²) < 4.78 is 39.8. The molecule has 0 aliphatic heterocycles. The lowest BCUT2D eigenvalue weighted by Gasteiger charge is -2.26. The molecule has 0 radical (unpaired) electrons. The minimum absolute atomic E-state index is 0.0590. The van der Waals surface area contributed by atoms with Crippen LogP contribution >= 0.6 is 0 Å². The summed E-state index contributed by atoms with van der Waals surface area (Å²) in [7, 11) is 2.51. The number of rotatable bonds is 13. The first-order valence-corrected chi connectivity index (χ1v) is 18.9. The van der Waals surface area contributed by atoms with Gasteiger partial charge in [-0.25, -0.2) is 19.2 Å². The molecular weight excluding hydrogens is 744 g/mol. The van der Waals surface area contributed by atoms with Gasteiger partial charge in [-0.15, -0.1) is 0 Å². The zero-order valence-corrected chi connectivity index (χ0v) is 35.1. The molecule has 4 aromatic carbocycles. The van der Waals surface area contributed by atoms with Gasteiger partial charge in [0, 0.05) is 0 Å². The molecule has 0 aliphatic carbocycles. The van der Waals surface area contributed by atoms with Crippen LogP contribution in [-0.2, 0) is 75.3 Å². The highest BCUT2D eigenvalue weighted by atomic mass is 16.7. The number of carbonyl (C=O) groups excluding carboxylic acids is 4. The summed E-state index contributed by atoms with van der Waals surface area (Å²) in [6.07, 6.45) is -3.33. The summed E-state index contributed by atoms with van der Waals surface area (Å²) >= 11 is 0. The molecule has 12 nitrogen and oxygen atoms in total. The minimum atomic E-state index is -0.817. The third-order valence-corrected chi connectivity index (χ3v) is 8.94. The van der Waals surface area contributed by atoms with E-state index in [2.05, 4.69) is 56.2 Å². The van der Waals surface area contributed by atoms with Crippen molar-refractivity contribution >= 4 is 24.6 Å². The van der Waals surface area contributed by atoms with E-state index in [1.807, 2.05) is 57.2 Å². The van der Waals surface area contributed by atoms with Crippen LogP contribution in [0.3, 0.4) is 0 Å². The predicted octanol–water partition coefficient (Wildman–Crippen LogP) is 11.4. The number of benzene rings is 4. The molecule has 12 heteroatoms. The third-order valence-electron chi connectivity index (χ3n) is 8.94. The first-order valence-electron chi connectivity index (χ1n) is 18.9. The van der Waals surface area contributed by atoms with Crippen molar-refractivity contribution in [1.82, 2.24) is 0 Å². The molecule has 0 aliphatic rings. The number of hydrogen-bond donors (Lipinski definition) is 0. The summed E-state index contributed by atoms with van der Waals surface area (Å²) in [6.45, 7) is 16.6. The summed E-state index contributed by atoms with van der Waals surface area (Å²) in [4.78, 5) is 46.1. The second kappa shape index (κ2) is 22.0. The van der Waals surface area contributed by atoms with Crippen LogP contribution in [0.5, 0.6) is 0 Å². The van der Waals surface area contributed by atoms with Gasteiger partial charge in [-0.1, -0.05) is 132 Å². The van der Waals surface area contributed by atoms with Crippen LogP contribution in [0.1, 0.15) is 112 Å². The number of methoxy groups -OCH3 is 2. The molecule has 1 atom stereocenters. The Bertz CT molecular complexity index is 1890. The van der Waals surface area contributed by atoms with Gasteiger partial charge in [-0.05, 0) is 76.6 Å². The normalized spacial score (nSPS) is 11.6. The number of hydrogen-bond acceptors (Lipinski definition) is 12. The molecule has 0 amide bonds. The molecule has 312 valence electrons. The van der Waals surface area contributed by atoms with Gasteiger partial charge in [-0.3, -0.25) is 0 Å². The molecule has 0 fully saturated rings. The van der Waals surface area contributed by atoms with Crippen LogP contribution < -0.4 is 0 Å². The van der Waals surface area contributed by atoms with Crippen LogP contribution in [0, 0.1) is 0 Å². The molecule has 0 saturated carbocycles. The Hall–Kier alpha value is -6.04. The Balaban J connectivity index is 0.000000311. The molecular formula is C46H56O12. The molecule has 0 spiro atoms. The van der Waals surface area contributed by atoms with E-state index >= 15 is 0 Å². The van der Waals surface area contributed by atoms with Crippen LogP contribution in [0.25, 0.3) is 0 Å². The summed E-state index contributed by atoms with van der Waals surface area (Å²) in [5.74, 6) is 0.452. The van der Waals surface area contributed by atoms with Crippen molar-refractivity contribution in [3.8, 4) is 0 Å². The predicted molar refractivity (Wildman–Crippen MR) is 217 cm³/mol. The summed E-state index contributed by atoms with van der Waals surface area (Å²) in [6, 6.07) is 30.4. The first-order chi connectivity index (χ1) is 27.4. The Labute approximate surface area is 341 Å². The fourth-order valence-electron chi connectivity index (χ4n) is 5.22. The molecule has 0 saturated heterocycles.